The van der Waals surface area contributed by atoms with Gasteiger partial charge in [0.2, 0.25) is 0 Å². The lowest BCUT2D eigenvalue weighted by molar-refractivity contribution is 0.0129. The lowest BCUT2D eigenvalue weighted by atomic mass is 9.77. The Labute approximate surface area is 113 Å². The Bertz CT molecular complexity index is 227. The van der Waals surface area contributed by atoms with Crippen molar-refractivity contribution < 1.29 is 4.74 Å². The maximum absolute atomic E-state index is 5.52. The maximum atomic E-state index is 5.52. The van der Waals surface area contributed by atoms with Crippen molar-refractivity contribution in [1.29, 1.82) is 0 Å². The summed E-state index contributed by atoms with van der Waals surface area (Å²) in [6, 6.07) is 0.571. The van der Waals surface area contributed by atoms with Gasteiger partial charge in [0.25, 0.3) is 0 Å². The lowest BCUT2D eigenvalue weighted by Gasteiger charge is -2.47. The molecule has 1 saturated heterocycles. The molecule has 2 atom stereocenters. The average Bonchev–Trinajstić information content (AvgIpc) is 2.39. The van der Waals surface area contributed by atoms with E-state index >= 15 is 0 Å². The van der Waals surface area contributed by atoms with Crippen molar-refractivity contribution in [2.75, 3.05) is 33.9 Å². The van der Waals surface area contributed by atoms with Crippen molar-refractivity contribution in [3.05, 3.63) is 0 Å². The number of nitrogens with zero attached hydrogens (tertiary/aromatic N) is 1. The van der Waals surface area contributed by atoms with Crippen LogP contribution in [0.15, 0.2) is 0 Å². The number of hydrogen-bond donors (Lipinski definition) is 1. The molecule has 1 aliphatic rings. The third-order valence-corrected chi connectivity index (χ3v) is 4.76. The van der Waals surface area contributed by atoms with Crippen LogP contribution in [-0.2, 0) is 4.74 Å². The molecule has 1 aliphatic heterocycles. The van der Waals surface area contributed by atoms with E-state index in [9.17, 15) is 0 Å². The number of rotatable bonds is 7. The Morgan fingerprint density at radius 3 is 2.33 bits per heavy atom. The molecule has 18 heavy (non-hydrogen) atoms. The van der Waals surface area contributed by atoms with Crippen molar-refractivity contribution in [3.8, 4) is 0 Å². The zero-order valence-corrected chi connectivity index (χ0v) is 13.0. The molecule has 0 bridgehead atoms. The summed E-state index contributed by atoms with van der Waals surface area (Å²) in [5, 5.41) is 3.81. The van der Waals surface area contributed by atoms with Gasteiger partial charge in [-0.15, -0.1) is 0 Å². The Morgan fingerprint density at radius 1 is 1.28 bits per heavy atom. The number of hydrogen-bond acceptors (Lipinski definition) is 3. The Hall–Kier alpha value is -0.120. The molecule has 0 radical (unpaired) electrons. The highest BCUT2D eigenvalue weighted by Gasteiger charge is 2.39. The summed E-state index contributed by atoms with van der Waals surface area (Å²) < 4.78 is 5.52. The molecule has 3 heteroatoms. The number of likely N-dealkylation sites (N-methyl/N-ethyl adjacent to an activating group) is 1. The minimum atomic E-state index is 0.233. The quantitative estimate of drug-likeness (QED) is 0.757. The molecule has 1 N–H and O–H groups in total. The van der Waals surface area contributed by atoms with Crippen LogP contribution in [0.1, 0.15) is 46.5 Å². The summed E-state index contributed by atoms with van der Waals surface area (Å²) in [6.45, 7) is 9.93. The van der Waals surface area contributed by atoms with Crippen LogP contribution in [0.2, 0.25) is 0 Å². The maximum Gasteiger partial charge on any atom is 0.0469 e. The molecule has 108 valence electrons. The van der Waals surface area contributed by atoms with Gasteiger partial charge in [-0.05, 0) is 59.2 Å². The van der Waals surface area contributed by atoms with Gasteiger partial charge in [0.05, 0.1) is 0 Å². The first-order chi connectivity index (χ1) is 8.56. The van der Waals surface area contributed by atoms with Crippen LogP contribution >= 0.6 is 0 Å². The molecular weight excluding hydrogens is 224 g/mol. The van der Waals surface area contributed by atoms with Crippen molar-refractivity contribution >= 4 is 0 Å². The highest BCUT2D eigenvalue weighted by Crippen LogP contribution is 2.31. The summed E-state index contributed by atoms with van der Waals surface area (Å²) in [5.41, 5.74) is 0.233. The van der Waals surface area contributed by atoms with Crippen molar-refractivity contribution in [2.24, 2.45) is 5.92 Å². The second-order valence-electron chi connectivity index (χ2n) is 5.99. The van der Waals surface area contributed by atoms with Crippen LogP contribution in [0.4, 0.5) is 0 Å². The van der Waals surface area contributed by atoms with Gasteiger partial charge < -0.3 is 15.0 Å². The molecular formula is C15H32N2O. The summed E-state index contributed by atoms with van der Waals surface area (Å²) in [6.07, 6.45) is 4.78. The first-order valence-corrected chi connectivity index (χ1v) is 7.54. The smallest absolute Gasteiger partial charge is 0.0469 e. The molecule has 2 unspecified atom stereocenters. The molecule has 1 heterocycles. The molecule has 3 nitrogen and oxygen atoms in total. The van der Waals surface area contributed by atoms with Crippen LogP contribution in [-0.4, -0.2) is 50.3 Å². The minimum absolute atomic E-state index is 0.233. The third-order valence-electron chi connectivity index (χ3n) is 4.76. The molecule has 1 rings (SSSR count). The lowest BCUT2D eigenvalue weighted by Crippen LogP contribution is -2.60. The fraction of sp³-hybridized carbons (Fsp3) is 1.00. The van der Waals surface area contributed by atoms with Gasteiger partial charge >= 0.3 is 0 Å². The van der Waals surface area contributed by atoms with E-state index in [0.717, 1.165) is 25.7 Å². The molecule has 0 saturated carbocycles. The fourth-order valence-electron chi connectivity index (χ4n) is 3.06. The van der Waals surface area contributed by atoms with Crippen LogP contribution in [0, 0.1) is 5.92 Å². The highest BCUT2D eigenvalue weighted by molar-refractivity contribution is 4.98. The van der Waals surface area contributed by atoms with E-state index in [-0.39, 0.29) is 5.54 Å². The van der Waals surface area contributed by atoms with Gasteiger partial charge in [0.1, 0.15) is 0 Å². The predicted molar refractivity (Wildman–Crippen MR) is 78.0 cm³/mol. The Kier molecular flexibility index (Phi) is 6.61. The van der Waals surface area contributed by atoms with Crippen molar-refractivity contribution in [1.82, 2.24) is 10.2 Å². The second-order valence-corrected chi connectivity index (χ2v) is 5.99. The first-order valence-electron chi connectivity index (χ1n) is 7.54. The Morgan fingerprint density at radius 2 is 1.89 bits per heavy atom. The SMILES string of the molecule is CCCNC(C1CCOCC1)C(C)(CC)N(C)C. The van der Waals surface area contributed by atoms with E-state index < -0.39 is 0 Å². The molecule has 0 amide bonds. The summed E-state index contributed by atoms with van der Waals surface area (Å²) in [4.78, 5) is 2.40. The molecule has 0 aromatic rings. The molecule has 0 aromatic heterocycles. The van der Waals surface area contributed by atoms with E-state index in [0.29, 0.717) is 6.04 Å². The summed E-state index contributed by atoms with van der Waals surface area (Å²) >= 11 is 0. The topological polar surface area (TPSA) is 24.5 Å². The van der Waals surface area contributed by atoms with Crippen LogP contribution in [0.25, 0.3) is 0 Å². The van der Waals surface area contributed by atoms with E-state index in [4.69, 9.17) is 4.74 Å². The largest absolute Gasteiger partial charge is 0.381 e. The first kappa shape index (κ1) is 15.9. The van der Waals surface area contributed by atoms with Gasteiger partial charge in [-0.2, -0.15) is 0 Å². The van der Waals surface area contributed by atoms with Gasteiger partial charge in [-0.3, -0.25) is 0 Å². The van der Waals surface area contributed by atoms with E-state index in [2.05, 4.69) is 45.1 Å². The summed E-state index contributed by atoms with van der Waals surface area (Å²) in [5.74, 6) is 0.748. The van der Waals surface area contributed by atoms with Crippen LogP contribution < -0.4 is 5.32 Å². The average molecular weight is 256 g/mol. The van der Waals surface area contributed by atoms with E-state index in [1.807, 2.05) is 0 Å². The minimum Gasteiger partial charge on any atom is -0.381 e. The normalized spacial score (nSPS) is 23.0. The standard InChI is InChI=1S/C15H32N2O/c1-6-10-16-14(13-8-11-18-12-9-13)15(3,7-2)17(4)5/h13-14,16H,6-12H2,1-5H3. The van der Waals surface area contributed by atoms with Crippen molar-refractivity contribution in [3.63, 3.8) is 0 Å². The van der Waals surface area contributed by atoms with E-state index in [1.54, 1.807) is 0 Å². The Balaban J connectivity index is 2.80. The van der Waals surface area contributed by atoms with Gasteiger partial charge in [-0.1, -0.05) is 13.8 Å². The highest BCUT2D eigenvalue weighted by atomic mass is 16.5. The van der Waals surface area contributed by atoms with Gasteiger partial charge in [-0.25, -0.2) is 0 Å². The fourth-order valence-corrected chi connectivity index (χ4v) is 3.06. The number of ether oxygens (including phenoxy) is 1. The molecule has 0 aliphatic carbocycles. The van der Waals surface area contributed by atoms with Crippen LogP contribution in [0.5, 0.6) is 0 Å². The zero-order valence-electron chi connectivity index (χ0n) is 13.0. The van der Waals surface area contributed by atoms with Crippen LogP contribution in [0.3, 0.4) is 0 Å². The van der Waals surface area contributed by atoms with Gasteiger partial charge in [0.15, 0.2) is 0 Å². The third kappa shape index (κ3) is 3.69. The molecule has 1 fully saturated rings. The molecule has 0 aromatic carbocycles. The predicted octanol–water partition coefficient (Wildman–Crippen LogP) is 2.51. The monoisotopic (exact) mass is 256 g/mol. The zero-order chi connectivity index (χ0) is 13.6. The van der Waals surface area contributed by atoms with Crippen molar-refractivity contribution in [2.45, 2.75) is 58.0 Å². The van der Waals surface area contributed by atoms with E-state index in [1.165, 1.54) is 25.7 Å². The number of nitrogens with one attached hydrogen (secondary N) is 1. The second kappa shape index (κ2) is 7.46. The molecule has 0 spiro atoms. The van der Waals surface area contributed by atoms with Gasteiger partial charge in [0, 0.05) is 24.8 Å². The summed E-state index contributed by atoms with van der Waals surface area (Å²) in [7, 11) is 4.42.